The number of nitrogens with one attached hydrogen (secondary N) is 1. The third kappa shape index (κ3) is 4.47. The zero-order chi connectivity index (χ0) is 15.2. The minimum absolute atomic E-state index is 0.0302. The van der Waals surface area contributed by atoms with E-state index in [4.69, 9.17) is 5.73 Å². The lowest BCUT2D eigenvalue weighted by Gasteiger charge is -2.40. The molecule has 5 heteroatoms. The predicted octanol–water partition coefficient (Wildman–Crippen LogP) is 1.13. The Morgan fingerprint density at radius 1 is 1.40 bits per heavy atom. The Morgan fingerprint density at radius 2 is 2.10 bits per heavy atom. The molecule has 0 aliphatic carbocycles. The number of nitrogens with two attached hydrogens (primary N) is 1. The number of nitrogens with zero attached hydrogens (tertiary/aromatic N) is 1. The predicted molar refractivity (Wildman–Crippen MR) is 80.1 cm³/mol. The zero-order valence-corrected chi connectivity index (χ0v) is 13.1. The summed E-state index contributed by atoms with van der Waals surface area (Å²) in [6.45, 7) is 8.51. The molecule has 0 bridgehead atoms. The Hall–Kier alpha value is -1.10. The van der Waals surface area contributed by atoms with Crippen LogP contribution in [0.5, 0.6) is 0 Å². The van der Waals surface area contributed by atoms with Crippen LogP contribution in [0.25, 0.3) is 0 Å². The number of piperidine rings is 1. The first-order valence-corrected chi connectivity index (χ1v) is 7.69. The first kappa shape index (κ1) is 17.0. The monoisotopic (exact) mass is 283 g/mol. The van der Waals surface area contributed by atoms with Crippen molar-refractivity contribution in [2.75, 3.05) is 26.2 Å². The van der Waals surface area contributed by atoms with Crippen LogP contribution in [-0.4, -0.2) is 42.9 Å². The second kappa shape index (κ2) is 7.62. The summed E-state index contributed by atoms with van der Waals surface area (Å²) in [5.74, 6) is -0.0120. The second-order valence-electron chi connectivity index (χ2n) is 6.36. The first-order valence-electron chi connectivity index (χ1n) is 7.69. The fourth-order valence-electron chi connectivity index (χ4n) is 3.13. The Balaban J connectivity index is 2.89. The SMILES string of the molecule is CCCC1(C(=O)N(CC(N)=O)CC(C)C)CCCNC1. The van der Waals surface area contributed by atoms with E-state index < -0.39 is 5.91 Å². The van der Waals surface area contributed by atoms with Crippen molar-refractivity contribution in [1.82, 2.24) is 10.2 Å². The van der Waals surface area contributed by atoms with Gasteiger partial charge in [0, 0.05) is 13.1 Å². The molecule has 20 heavy (non-hydrogen) atoms. The highest BCUT2D eigenvalue weighted by Gasteiger charge is 2.41. The fourth-order valence-corrected chi connectivity index (χ4v) is 3.13. The van der Waals surface area contributed by atoms with Gasteiger partial charge in [0.15, 0.2) is 0 Å². The van der Waals surface area contributed by atoms with Crippen LogP contribution < -0.4 is 11.1 Å². The van der Waals surface area contributed by atoms with E-state index in [-0.39, 0.29) is 17.9 Å². The van der Waals surface area contributed by atoms with Gasteiger partial charge >= 0.3 is 0 Å². The van der Waals surface area contributed by atoms with E-state index >= 15 is 0 Å². The van der Waals surface area contributed by atoms with E-state index in [1.807, 2.05) is 13.8 Å². The number of amides is 2. The van der Waals surface area contributed by atoms with Gasteiger partial charge in [-0.15, -0.1) is 0 Å². The lowest BCUT2D eigenvalue weighted by Crippen LogP contribution is -2.54. The van der Waals surface area contributed by atoms with Crippen molar-refractivity contribution in [3.8, 4) is 0 Å². The molecule has 1 unspecified atom stereocenters. The van der Waals surface area contributed by atoms with Crippen LogP contribution in [0.1, 0.15) is 46.5 Å². The van der Waals surface area contributed by atoms with Crippen LogP contribution in [0.4, 0.5) is 0 Å². The van der Waals surface area contributed by atoms with E-state index in [1.165, 1.54) is 0 Å². The van der Waals surface area contributed by atoms with E-state index in [9.17, 15) is 9.59 Å². The summed E-state index contributed by atoms with van der Waals surface area (Å²) < 4.78 is 0. The molecule has 0 aromatic heterocycles. The minimum atomic E-state index is -0.436. The average Bonchev–Trinajstić information content (AvgIpc) is 2.37. The van der Waals surface area contributed by atoms with Crippen molar-refractivity contribution in [2.45, 2.75) is 46.5 Å². The van der Waals surface area contributed by atoms with Crippen LogP contribution >= 0.6 is 0 Å². The molecule has 1 rings (SSSR count). The molecule has 0 radical (unpaired) electrons. The number of hydrogen-bond donors (Lipinski definition) is 2. The molecule has 0 saturated carbocycles. The van der Waals surface area contributed by atoms with Crippen molar-refractivity contribution in [3.05, 3.63) is 0 Å². The zero-order valence-electron chi connectivity index (χ0n) is 13.1. The molecule has 116 valence electrons. The fraction of sp³-hybridized carbons (Fsp3) is 0.867. The topological polar surface area (TPSA) is 75.4 Å². The van der Waals surface area contributed by atoms with Gasteiger partial charge in [0.2, 0.25) is 11.8 Å². The molecular weight excluding hydrogens is 254 g/mol. The van der Waals surface area contributed by atoms with Crippen LogP contribution in [-0.2, 0) is 9.59 Å². The number of rotatable bonds is 7. The smallest absolute Gasteiger partial charge is 0.237 e. The summed E-state index contributed by atoms with van der Waals surface area (Å²) >= 11 is 0. The van der Waals surface area contributed by atoms with Gasteiger partial charge in [-0.1, -0.05) is 27.2 Å². The maximum atomic E-state index is 13.0. The molecule has 0 aromatic rings. The Kier molecular flexibility index (Phi) is 6.46. The molecule has 3 N–H and O–H groups in total. The maximum absolute atomic E-state index is 13.0. The first-order chi connectivity index (χ1) is 9.41. The number of carbonyl (C=O) groups excluding carboxylic acids is 2. The lowest BCUT2D eigenvalue weighted by atomic mass is 9.75. The largest absolute Gasteiger partial charge is 0.368 e. The van der Waals surface area contributed by atoms with Crippen molar-refractivity contribution in [3.63, 3.8) is 0 Å². The Bertz CT molecular complexity index is 331. The summed E-state index contributed by atoms with van der Waals surface area (Å²) in [5, 5.41) is 3.34. The van der Waals surface area contributed by atoms with Crippen molar-refractivity contribution < 1.29 is 9.59 Å². The quantitative estimate of drug-likeness (QED) is 0.735. The van der Waals surface area contributed by atoms with Gasteiger partial charge in [-0.3, -0.25) is 9.59 Å². The molecular formula is C15H29N3O2. The molecule has 0 aromatic carbocycles. The number of carbonyl (C=O) groups is 2. The van der Waals surface area contributed by atoms with Crippen LogP contribution in [0, 0.1) is 11.3 Å². The molecule has 5 nitrogen and oxygen atoms in total. The van der Waals surface area contributed by atoms with Crippen molar-refractivity contribution in [2.24, 2.45) is 17.1 Å². The van der Waals surface area contributed by atoms with E-state index in [1.54, 1.807) is 4.90 Å². The van der Waals surface area contributed by atoms with Gasteiger partial charge < -0.3 is 16.0 Å². The highest BCUT2D eigenvalue weighted by atomic mass is 16.2. The lowest BCUT2D eigenvalue weighted by molar-refractivity contribution is -0.146. The van der Waals surface area contributed by atoms with Crippen LogP contribution in [0.2, 0.25) is 0 Å². The van der Waals surface area contributed by atoms with Gasteiger partial charge in [-0.25, -0.2) is 0 Å². The molecule has 2 amide bonds. The molecule has 1 aliphatic heterocycles. The number of primary amides is 1. The Labute approximate surface area is 122 Å². The molecule has 1 aliphatic rings. The molecule has 1 heterocycles. The molecule has 0 spiro atoms. The summed E-state index contributed by atoms with van der Waals surface area (Å²) in [7, 11) is 0. The summed E-state index contributed by atoms with van der Waals surface area (Å²) in [6.07, 6.45) is 3.75. The normalized spacial score (nSPS) is 22.8. The molecule has 1 atom stereocenters. The summed E-state index contributed by atoms with van der Waals surface area (Å²) in [5.41, 5.74) is 4.96. The van der Waals surface area contributed by atoms with E-state index in [0.29, 0.717) is 19.0 Å². The average molecular weight is 283 g/mol. The van der Waals surface area contributed by atoms with Gasteiger partial charge in [0.05, 0.1) is 12.0 Å². The standard InChI is InChI=1S/C15H29N3O2/c1-4-6-15(7-5-8-17-11-15)14(20)18(9-12(2)3)10-13(16)19/h12,17H,4-11H2,1-3H3,(H2,16,19). The highest BCUT2D eigenvalue weighted by molar-refractivity contribution is 5.87. The molecule has 1 fully saturated rings. The van der Waals surface area contributed by atoms with Gasteiger partial charge in [0.25, 0.3) is 0 Å². The van der Waals surface area contributed by atoms with Crippen LogP contribution in [0.3, 0.4) is 0 Å². The maximum Gasteiger partial charge on any atom is 0.237 e. The third-order valence-corrected chi connectivity index (χ3v) is 3.87. The van der Waals surface area contributed by atoms with Crippen LogP contribution in [0.15, 0.2) is 0 Å². The van der Waals surface area contributed by atoms with Crippen molar-refractivity contribution in [1.29, 1.82) is 0 Å². The minimum Gasteiger partial charge on any atom is -0.368 e. The van der Waals surface area contributed by atoms with Gasteiger partial charge in [-0.2, -0.15) is 0 Å². The second-order valence-corrected chi connectivity index (χ2v) is 6.36. The number of hydrogen-bond acceptors (Lipinski definition) is 3. The van der Waals surface area contributed by atoms with Crippen molar-refractivity contribution >= 4 is 11.8 Å². The van der Waals surface area contributed by atoms with E-state index in [0.717, 1.165) is 32.2 Å². The Morgan fingerprint density at radius 3 is 2.55 bits per heavy atom. The molecule has 1 saturated heterocycles. The van der Waals surface area contributed by atoms with Gasteiger partial charge in [-0.05, 0) is 31.7 Å². The third-order valence-electron chi connectivity index (χ3n) is 3.87. The van der Waals surface area contributed by atoms with E-state index in [2.05, 4.69) is 12.2 Å². The summed E-state index contributed by atoms with van der Waals surface area (Å²) in [6, 6.07) is 0. The highest BCUT2D eigenvalue weighted by Crippen LogP contribution is 2.34. The van der Waals surface area contributed by atoms with Gasteiger partial charge in [0.1, 0.15) is 0 Å². The summed E-state index contributed by atoms with van der Waals surface area (Å²) in [4.78, 5) is 25.9.